The van der Waals surface area contributed by atoms with E-state index < -0.39 is 12.1 Å². The number of hydrogen-bond acceptors (Lipinski definition) is 3. The molecule has 2 aromatic carbocycles. The van der Waals surface area contributed by atoms with Gasteiger partial charge in [-0.2, -0.15) is 0 Å². The average molecular weight is 215 g/mol. The van der Waals surface area contributed by atoms with Crippen molar-refractivity contribution in [2.45, 2.75) is 13.0 Å². The van der Waals surface area contributed by atoms with Crippen molar-refractivity contribution in [2.75, 3.05) is 0 Å². The van der Waals surface area contributed by atoms with E-state index in [2.05, 4.69) is 0 Å². The fraction of sp³-hybridized carbons (Fsp3) is 0.154. The van der Waals surface area contributed by atoms with Crippen LogP contribution in [0.5, 0.6) is 5.75 Å². The Labute approximate surface area is 93.3 Å². The van der Waals surface area contributed by atoms with E-state index in [1.165, 1.54) is 6.92 Å². The summed E-state index contributed by atoms with van der Waals surface area (Å²) >= 11 is 0. The summed E-state index contributed by atoms with van der Waals surface area (Å²) in [6.45, 7) is 1.45. The van der Waals surface area contributed by atoms with Gasteiger partial charge in [-0.3, -0.25) is 0 Å². The van der Waals surface area contributed by atoms with Gasteiger partial charge in [-0.25, -0.2) is 0 Å². The van der Waals surface area contributed by atoms with E-state index in [4.69, 9.17) is 4.74 Å². The Bertz CT molecular complexity index is 519. The zero-order chi connectivity index (χ0) is 11.5. The fourth-order valence-electron chi connectivity index (χ4n) is 1.49. The molecular weight excluding hydrogens is 204 g/mol. The van der Waals surface area contributed by atoms with Gasteiger partial charge in [0.15, 0.2) is 0 Å². The SMILES string of the molecule is C[C@@H](Oc1ccc2ccccc2c1)C(=O)[O-]. The van der Waals surface area contributed by atoms with E-state index in [1.807, 2.05) is 36.4 Å². The highest BCUT2D eigenvalue weighted by Crippen LogP contribution is 2.21. The van der Waals surface area contributed by atoms with E-state index in [0.29, 0.717) is 5.75 Å². The minimum atomic E-state index is -1.21. The first kappa shape index (κ1) is 10.5. The summed E-state index contributed by atoms with van der Waals surface area (Å²) in [6.07, 6.45) is -0.943. The Morgan fingerprint density at radius 1 is 1.19 bits per heavy atom. The highest BCUT2D eigenvalue weighted by molar-refractivity contribution is 5.83. The summed E-state index contributed by atoms with van der Waals surface area (Å²) in [5, 5.41) is 12.6. The van der Waals surface area contributed by atoms with Crippen molar-refractivity contribution < 1.29 is 14.6 Å². The standard InChI is InChI=1S/C13H12O3/c1-9(13(14)15)16-12-7-6-10-4-2-3-5-11(10)8-12/h2-9H,1H3,(H,14,15)/p-1/t9-/m1/s1. The molecule has 2 aromatic rings. The quantitative estimate of drug-likeness (QED) is 0.776. The van der Waals surface area contributed by atoms with Crippen molar-refractivity contribution in [3.05, 3.63) is 42.5 Å². The molecule has 2 rings (SSSR count). The second-order valence-electron chi connectivity index (χ2n) is 3.59. The highest BCUT2D eigenvalue weighted by atomic mass is 16.5. The largest absolute Gasteiger partial charge is 0.546 e. The molecule has 3 nitrogen and oxygen atoms in total. The van der Waals surface area contributed by atoms with Gasteiger partial charge in [0, 0.05) is 0 Å². The van der Waals surface area contributed by atoms with Crippen LogP contribution in [0.2, 0.25) is 0 Å². The maximum absolute atomic E-state index is 10.5. The third kappa shape index (κ3) is 2.14. The van der Waals surface area contributed by atoms with Crippen LogP contribution in [-0.4, -0.2) is 12.1 Å². The Morgan fingerprint density at radius 3 is 2.56 bits per heavy atom. The molecule has 0 spiro atoms. The Balaban J connectivity index is 2.29. The molecule has 3 heteroatoms. The lowest BCUT2D eigenvalue weighted by Gasteiger charge is -2.15. The van der Waals surface area contributed by atoms with Crippen molar-refractivity contribution in [1.29, 1.82) is 0 Å². The van der Waals surface area contributed by atoms with E-state index in [0.717, 1.165) is 10.8 Å². The van der Waals surface area contributed by atoms with Gasteiger partial charge < -0.3 is 14.6 Å². The smallest absolute Gasteiger partial charge is 0.135 e. The van der Waals surface area contributed by atoms with Crippen LogP contribution in [0.4, 0.5) is 0 Å². The molecule has 0 unspecified atom stereocenters. The highest BCUT2D eigenvalue weighted by Gasteiger charge is 2.04. The maximum atomic E-state index is 10.5. The number of benzene rings is 2. The lowest BCUT2D eigenvalue weighted by Crippen LogP contribution is -2.37. The van der Waals surface area contributed by atoms with Gasteiger partial charge in [-0.05, 0) is 29.8 Å². The predicted octanol–water partition coefficient (Wildman–Crippen LogP) is 1.36. The molecule has 16 heavy (non-hydrogen) atoms. The van der Waals surface area contributed by atoms with E-state index in [1.54, 1.807) is 6.07 Å². The van der Waals surface area contributed by atoms with Gasteiger partial charge in [0.2, 0.25) is 0 Å². The van der Waals surface area contributed by atoms with Gasteiger partial charge in [-0.1, -0.05) is 30.3 Å². The molecule has 0 aliphatic carbocycles. The van der Waals surface area contributed by atoms with Crippen molar-refractivity contribution in [3.63, 3.8) is 0 Å². The number of aliphatic carboxylic acids is 1. The number of carbonyl (C=O) groups excluding carboxylic acids is 1. The van der Waals surface area contributed by atoms with Gasteiger partial charge in [0.1, 0.15) is 11.9 Å². The number of hydrogen-bond donors (Lipinski definition) is 0. The van der Waals surface area contributed by atoms with Crippen LogP contribution in [0.15, 0.2) is 42.5 Å². The second-order valence-corrected chi connectivity index (χ2v) is 3.59. The van der Waals surface area contributed by atoms with E-state index in [9.17, 15) is 9.90 Å². The van der Waals surface area contributed by atoms with Crippen LogP contribution in [0.1, 0.15) is 6.92 Å². The molecule has 0 bridgehead atoms. The minimum absolute atomic E-state index is 0.537. The molecule has 0 saturated carbocycles. The third-order valence-electron chi connectivity index (χ3n) is 2.37. The summed E-state index contributed by atoms with van der Waals surface area (Å²) in [5.41, 5.74) is 0. The van der Waals surface area contributed by atoms with Gasteiger partial charge in [0.05, 0.1) is 5.97 Å². The zero-order valence-electron chi connectivity index (χ0n) is 8.84. The third-order valence-corrected chi connectivity index (χ3v) is 2.37. The van der Waals surface area contributed by atoms with E-state index in [-0.39, 0.29) is 0 Å². The van der Waals surface area contributed by atoms with Crippen molar-refractivity contribution in [1.82, 2.24) is 0 Å². The summed E-state index contributed by atoms with van der Waals surface area (Å²) in [4.78, 5) is 10.5. The number of carbonyl (C=O) groups is 1. The molecule has 0 radical (unpaired) electrons. The van der Waals surface area contributed by atoms with Gasteiger partial charge in [0.25, 0.3) is 0 Å². The molecule has 1 atom stereocenters. The molecule has 0 aliphatic heterocycles. The van der Waals surface area contributed by atoms with Crippen LogP contribution >= 0.6 is 0 Å². The predicted molar refractivity (Wildman–Crippen MR) is 59.0 cm³/mol. The molecule has 0 amide bonds. The first-order valence-corrected chi connectivity index (χ1v) is 5.03. The maximum Gasteiger partial charge on any atom is 0.135 e. The number of carboxylic acids is 1. The molecule has 0 saturated heterocycles. The monoisotopic (exact) mass is 215 g/mol. The molecule has 0 heterocycles. The van der Waals surface area contributed by atoms with Crippen LogP contribution in [0.3, 0.4) is 0 Å². The van der Waals surface area contributed by atoms with Crippen LogP contribution < -0.4 is 9.84 Å². The first-order chi connectivity index (χ1) is 7.66. The summed E-state index contributed by atoms with van der Waals surface area (Å²) < 4.78 is 5.22. The van der Waals surface area contributed by atoms with Crippen LogP contribution in [0.25, 0.3) is 10.8 Å². The molecule has 0 aliphatic rings. The van der Waals surface area contributed by atoms with Gasteiger partial charge >= 0.3 is 0 Å². The number of rotatable bonds is 3. The lowest BCUT2D eigenvalue weighted by atomic mass is 10.1. The molecule has 0 fully saturated rings. The average Bonchev–Trinajstić information content (AvgIpc) is 2.28. The molecule has 82 valence electrons. The number of fused-ring (bicyclic) bond motifs is 1. The second kappa shape index (κ2) is 4.23. The van der Waals surface area contributed by atoms with Crippen LogP contribution in [-0.2, 0) is 4.79 Å². The fourth-order valence-corrected chi connectivity index (χ4v) is 1.49. The topological polar surface area (TPSA) is 49.4 Å². The zero-order valence-corrected chi connectivity index (χ0v) is 8.84. The Hall–Kier alpha value is -2.03. The van der Waals surface area contributed by atoms with Gasteiger partial charge in [-0.15, -0.1) is 0 Å². The Morgan fingerprint density at radius 2 is 1.88 bits per heavy atom. The number of carboxylic acid groups (broad SMARTS) is 1. The summed E-state index contributed by atoms with van der Waals surface area (Å²) in [7, 11) is 0. The summed E-state index contributed by atoms with van der Waals surface area (Å²) in [5.74, 6) is -0.677. The summed E-state index contributed by atoms with van der Waals surface area (Å²) in [6, 6.07) is 13.3. The molecule has 0 N–H and O–H groups in total. The minimum Gasteiger partial charge on any atom is -0.546 e. The Kier molecular flexibility index (Phi) is 2.77. The first-order valence-electron chi connectivity index (χ1n) is 5.03. The van der Waals surface area contributed by atoms with Crippen molar-refractivity contribution >= 4 is 16.7 Å². The molecular formula is C13H11O3-. The normalized spacial score (nSPS) is 12.3. The van der Waals surface area contributed by atoms with Crippen molar-refractivity contribution in [2.24, 2.45) is 0 Å². The molecule has 0 aromatic heterocycles. The number of ether oxygens (including phenoxy) is 1. The lowest BCUT2D eigenvalue weighted by molar-refractivity contribution is -0.312. The van der Waals surface area contributed by atoms with Crippen molar-refractivity contribution in [3.8, 4) is 5.75 Å². The van der Waals surface area contributed by atoms with Crippen LogP contribution in [0, 0.1) is 0 Å². The van der Waals surface area contributed by atoms with E-state index >= 15 is 0 Å².